The Hall–Kier alpha value is -6.06. The quantitative estimate of drug-likeness (QED) is 0.197. The molecule has 7 aromatic carbocycles. The first-order valence-electron chi connectivity index (χ1n) is 16.5. The minimum atomic E-state index is -0.167. The highest BCUT2D eigenvalue weighted by Crippen LogP contribution is 2.54. The van der Waals surface area contributed by atoms with Crippen molar-refractivity contribution in [3.63, 3.8) is 0 Å². The number of hydrogen-bond acceptors (Lipinski definition) is 3. The van der Waals surface area contributed by atoms with Crippen LogP contribution in [-0.2, 0) is 5.41 Å². The zero-order chi connectivity index (χ0) is 32.0. The van der Waals surface area contributed by atoms with E-state index in [1.807, 2.05) is 18.2 Å². The molecule has 0 amide bonds. The Morgan fingerprint density at radius 1 is 0.479 bits per heavy atom. The molecule has 10 rings (SSSR count). The highest BCUT2D eigenvalue weighted by molar-refractivity contribution is 6.14. The Bertz CT molecular complexity index is 2690. The van der Waals surface area contributed by atoms with E-state index in [4.69, 9.17) is 8.83 Å². The summed E-state index contributed by atoms with van der Waals surface area (Å²) in [4.78, 5) is 2.38. The summed E-state index contributed by atoms with van der Waals surface area (Å²) in [5.74, 6) is 0. The fraction of sp³-hybridized carbons (Fsp3) is 0.0667. The molecule has 3 heteroatoms. The molecule has 1 aliphatic carbocycles. The third-order valence-electron chi connectivity index (χ3n) is 10.3. The van der Waals surface area contributed by atoms with Gasteiger partial charge in [0, 0.05) is 38.5 Å². The first-order chi connectivity index (χ1) is 23.6. The van der Waals surface area contributed by atoms with Crippen LogP contribution in [0.2, 0.25) is 0 Å². The van der Waals surface area contributed by atoms with Crippen molar-refractivity contribution in [2.45, 2.75) is 19.3 Å². The van der Waals surface area contributed by atoms with Crippen LogP contribution in [0.5, 0.6) is 0 Å². The molecule has 0 N–H and O–H groups in total. The van der Waals surface area contributed by atoms with Gasteiger partial charge in [0.25, 0.3) is 0 Å². The standard InChI is InChI=1S/C45H31NO2/c1-45(2)36-25-23-31(27-35(36)42-37(45)26-24-33-32-13-6-8-16-39(32)48-44(33)42)46(30-21-19-29(20-22-30)28-11-4-3-5-12-28)38-15-10-18-41-43(38)34-14-7-9-17-40(34)47-41/h3-27H,1-2H3. The summed E-state index contributed by atoms with van der Waals surface area (Å²) in [5.41, 5.74) is 14.1. The first kappa shape index (κ1) is 27.1. The molecule has 0 spiro atoms. The van der Waals surface area contributed by atoms with Crippen molar-refractivity contribution in [3.8, 4) is 22.3 Å². The van der Waals surface area contributed by atoms with Crippen molar-refractivity contribution in [1.82, 2.24) is 0 Å². The minimum absolute atomic E-state index is 0.167. The number of anilines is 3. The van der Waals surface area contributed by atoms with Crippen molar-refractivity contribution < 1.29 is 8.83 Å². The summed E-state index contributed by atoms with van der Waals surface area (Å²) in [5, 5.41) is 4.50. The van der Waals surface area contributed by atoms with Crippen LogP contribution < -0.4 is 4.90 Å². The average Bonchev–Trinajstić information content (AvgIpc) is 3.77. The fourth-order valence-electron chi connectivity index (χ4n) is 7.95. The Morgan fingerprint density at radius 3 is 1.94 bits per heavy atom. The monoisotopic (exact) mass is 617 g/mol. The van der Waals surface area contributed by atoms with E-state index in [0.29, 0.717) is 0 Å². The second-order valence-corrected chi connectivity index (χ2v) is 13.3. The van der Waals surface area contributed by atoms with Gasteiger partial charge in [-0.3, -0.25) is 0 Å². The largest absolute Gasteiger partial charge is 0.456 e. The number of hydrogen-bond donors (Lipinski definition) is 0. The highest BCUT2D eigenvalue weighted by atomic mass is 16.3. The van der Waals surface area contributed by atoms with E-state index in [0.717, 1.165) is 60.9 Å². The third-order valence-corrected chi connectivity index (χ3v) is 10.3. The van der Waals surface area contributed by atoms with Gasteiger partial charge < -0.3 is 13.7 Å². The number of rotatable bonds is 4. The zero-order valence-corrected chi connectivity index (χ0v) is 26.7. The van der Waals surface area contributed by atoms with Crippen molar-refractivity contribution in [1.29, 1.82) is 0 Å². The average molecular weight is 618 g/mol. The molecule has 2 aromatic heterocycles. The van der Waals surface area contributed by atoms with Crippen LogP contribution in [0.3, 0.4) is 0 Å². The topological polar surface area (TPSA) is 29.5 Å². The lowest BCUT2D eigenvalue weighted by molar-refractivity contribution is 0.653. The first-order valence-corrected chi connectivity index (χ1v) is 16.5. The summed E-state index contributed by atoms with van der Waals surface area (Å²) in [6.45, 7) is 4.65. The predicted octanol–water partition coefficient (Wildman–Crippen LogP) is 12.9. The maximum atomic E-state index is 6.64. The maximum absolute atomic E-state index is 6.64. The second kappa shape index (κ2) is 9.97. The van der Waals surface area contributed by atoms with Gasteiger partial charge in [-0.15, -0.1) is 0 Å². The van der Waals surface area contributed by atoms with Crippen LogP contribution in [-0.4, -0.2) is 0 Å². The number of nitrogens with zero attached hydrogens (tertiary/aromatic N) is 1. The molecule has 48 heavy (non-hydrogen) atoms. The Kier molecular flexibility index (Phi) is 5.63. The molecule has 0 fully saturated rings. The molecule has 0 saturated carbocycles. The van der Waals surface area contributed by atoms with E-state index in [9.17, 15) is 0 Å². The summed E-state index contributed by atoms with van der Waals surface area (Å²) >= 11 is 0. The van der Waals surface area contributed by atoms with Gasteiger partial charge in [-0.25, -0.2) is 0 Å². The number of benzene rings is 7. The summed E-state index contributed by atoms with van der Waals surface area (Å²) < 4.78 is 13.0. The van der Waals surface area contributed by atoms with Crippen molar-refractivity contribution >= 4 is 60.9 Å². The molecule has 3 nitrogen and oxygen atoms in total. The number of fused-ring (bicyclic) bond motifs is 10. The van der Waals surface area contributed by atoms with Crippen LogP contribution >= 0.6 is 0 Å². The number of para-hydroxylation sites is 2. The second-order valence-electron chi connectivity index (χ2n) is 13.3. The van der Waals surface area contributed by atoms with E-state index in [-0.39, 0.29) is 5.41 Å². The van der Waals surface area contributed by atoms with Gasteiger partial charge >= 0.3 is 0 Å². The Labute approximate surface area is 278 Å². The third kappa shape index (κ3) is 3.82. The lowest BCUT2D eigenvalue weighted by Gasteiger charge is -2.28. The van der Waals surface area contributed by atoms with Crippen LogP contribution in [0.4, 0.5) is 17.1 Å². The molecule has 0 saturated heterocycles. The summed E-state index contributed by atoms with van der Waals surface area (Å²) in [6, 6.07) is 54.0. The van der Waals surface area contributed by atoms with Gasteiger partial charge in [0.2, 0.25) is 0 Å². The molecule has 0 bridgehead atoms. The van der Waals surface area contributed by atoms with Crippen LogP contribution in [0.1, 0.15) is 25.0 Å². The molecular formula is C45H31NO2. The van der Waals surface area contributed by atoms with E-state index in [1.54, 1.807) is 0 Å². The highest BCUT2D eigenvalue weighted by Gasteiger charge is 2.38. The van der Waals surface area contributed by atoms with Gasteiger partial charge in [0.15, 0.2) is 0 Å². The van der Waals surface area contributed by atoms with Gasteiger partial charge in [-0.1, -0.05) is 117 Å². The molecule has 9 aromatic rings. The number of furan rings is 2. The van der Waals surface area contributed by atoms with Gasteiger partial charge in [-0.2, -0.15) is 0 Å². The molecule has 0 atom stereocenters. The SMILES string of the molecule is CC1(C)c2ccc(N(c3ccc(-c4ccccc4)cc3)c3cccc4oc5ccccc5c34)cc2-c2c1ccc1c2oc2ccccc21. The minimum Gasteiger partial charge on any atom is -0.456 e. The molecule has 0 unspecified atom stereocenters. The van der Waals surface area contributed by atoms with E-state index in [2.05, 4.69) is 152 Å². The Balaban J connectivity index is 1.23. The van der Waals surface area contributed by atoms with Crippen molar-refractivity contribution in [2.75, 3.05) is 4.90 Å². The molecule has 2 heterocycles. The smallest absolute Gasteiger partial charge is 0.143 e. The van der Waals surface area contributed by atoms with Crippen LogP contribution in [0, 0.1) is 0 Å². The zero-order valence-electron chi connectivity index (χ0n) is 26.7. The van der Waals surface area contributed by atoms with E-state index in [1.165, 1.54) is 33.4 Å². The van der Waals surface area contributed by atoms with E-state index < -0.39 is 0 Å². The van der Waals surface area contributed by atoms with Gasteiger partial charge in [0.1, 0.15) is 22.3 Å². The summed E-state index contributed by atoms with van der Waals surface area (Å²) in [6.07, 6.45) is 0. The molecule has 0 aliphatic heterocycles. The van der Waals surface area contributed by atoms with Crippen LogP contribution in [0.25, 0.3) is 66.1 Å². The molecule has 228 valence electrons. The lowest BCUT2D eigenvalue weighted by Crippen LogP contribution is -2.15. The van der Waals surface area contributed by atoms with Crippen LogP contribution in [0.15, 0.2) is 160 Å². The van der Waals surface area contributed by atoms with Crippen molar-refractivity contribution in [3.05, 3.63) is 163 Å². The van der Waals surface area contributed by atoms with Gasteiger partial charge in [0.05, 0.1) is 11.1 Å². The molecule has 0 radical (unpaired) electrons. The normalized spacial score (nSPS) is 13.4. The molecule has 1 aliphatic rings. The summed E-state index contributed by atoms with van der Waals surface area (Å²) in [7, 11) is 0. The van der Waals surface area contributed by atoms with Gasteiger partial charge in [-0.05, 0) is 76.3 Å². The van der Waals surface area contributed by atoms with E-state index >= 15 is 0 Å². The Morgan fingerprint density at radius 2 is 1.12 bits per heavy atom. The maximum Gasteiger partial charge on any atom is 0.143 e. The van der Waals surface area contributed by atoms with Crippen molar-refractivity contribution in [2.24, 2.45) is 0 Å². The lowest BCUT2D eigenvalue weighted by atomic mass is 9.82. The predicted molar refractivity (Wildman–Crippen MR) is 199 cm³/mol. The molecular weight excluding hydrogens is 587 g/mol. The fourth-order valence-corrected chi connectivity index (χ4v) is 7.95.